The summed E-state index contributed by atoms with van der Waals surface area (Å²) in [6.45, 7) is 2.75. The van der Waals surface area contributed by atoms with E-state index in [1.54, 1.807) is 7.11 Å². The van der Waals surface area contributed by atoms with Crippen LogP contribution in [-0.2, 0) is 19.1 Å². The molecular weight excluding hydrogens is 248 g/mol. The molecule has 1 amide bonds. The van der Waals surface area contributed by atoms with Gasteiger partial charge in [0.1, 0.15) is 6.54 Å². The monoisotopic (exact) mass is 272 g/mol. The molecule has 0 aromatic rings. The smallest absolute Gasteiger partial charge is 0.325 e. The molecule has 0 spiro atoms. The largest absolute Gasteiger partial charge is 0.468 e. The molecule has 1 aliphatic heterocycles. The van der Waals surface area contributed by atoms with E-state index in [4.69, 9.17) is 4.74 Å². The zero-order chi connectivity index (χ0) is 14.4. The fourth-order valence-electron chi connectivity index (χ4n) is 2.59. The predicted octanol–water partition coefficient (Wildman–Crippen LogP) is 0.0209. The van der Waals surface area contributed by atoms with Crippen LogP contribution in [-0.4, -0.2) is 63.3 Å². The number of carbonyl (C=O) groups excluding carboxylic acids is 2. The highest BCUT2D eigenvalue weighted by atomic mass is 16.5. The Bertz CT molecular complexity index is 322. The number of esters is 1. The average Bonchev–Trinajstić information content (AvgIpc) is 2.82. The maximum atomic E-state index is 12.0. The van der Waals surface area contributed by atoms with Crippen LogP contribution >= 0.6 is 0 Å². The highest BCUT2D eigenvalue weighted by Gasteiger charge is 2.35. The van der Waals surface area contributed by atoms with Crippen LogP contribution < -0.4 is 5.32 Å². The minimum absolute atomic E-state index is 0.101. The van der Waals surface area contributed by atoms with Gasteiger partial charge < -0.3 is 19.7 Å². The number of likely N-dealkylation sites (N-methyl/N-ethyl adjacent to an activating group) is 1. The van der Waals surface area contributed by atoms with E-state index in [1.165, 1.54) is 7.11 Å². The molecule has 0 aromatic heterocycles. The number of amides is 1. The molecular formula is C13H24N2O4. The van der Waals surface area contributed by atoms with Crippen molar-refractivity contribution in [2.24, 2.45) is 5.92 Å². The Morgan fingerprint density at radius 1 is 1.42 bits per heavy atom. The summed E-state index contributed by atoms with van der Waals surface area (Å²) in [6, 6.07) is 0.254. The van der Waals surface area contributed by atoms with Gasteiger partial charge in [0, 0.05) is 13.2 Å². The van der Waals surface area contributed by atoms with Gasteiger partial charge in [0.05, 0.1) is 19.1 Å². The minimum Gasteiger partial charge on any atom is -0.468 e. The van der Waals surface area contributed by atoms with Gasteiger partial charge in [-0.15, -0.1) is 0 Å². The molecule has 1 aliphatic rings. The van der Waals surface area contributed by atoms with Crippen molar-refractivity contribution in [1.29, 1.82) is 0 Å². The van der Waals surface area contributed by atoms with E-state index in [0.29, 0.717) is 0 Å². The molecule has 1 saturated heterocycles. The van der Waals surface area contributed by atoms with E-state index in [1.807, 2.05) is 14.0 Å². The van der Waals surface area contributed by atoms with E-state index < -0.39 is 5.97 Å². The summed E-state index contributed by atoms with van der Waals surface area (Å²) in [4.78, 5) is 25.2. The lowest BCUT2D eigenvalue weighted by Crippen LogP contribution is -2.47. The summed E-state index contributed by atoms with van der Waals surface area (Å²) < 4.78 is 9.99. The van der Waals surface area contributed by atoms with Crippen molar-refractivity contribution < 1.29 is 19.1 Å². The fourth-order valence-corrected chi connectivity index (χ4v) is 2.59. The van der Waals surface area contributed by atoms with E-state index >= 15 is 0 Å². The lowest BCUT2D eigenvalue weighted by molar-refractivity contribution is -0.142. The standard InChI is InChI=1S/C13H24N2O4/c1-9(13(17)14-8-11(16)18-3)12(19-4)10-6-5-7-15(10)2/h9-10,12H,5-8H2,1-4H3,(H,14,17). The SMILES string of the molecule is COC(=O)CNC(=O)C(C)C(OC)C1CCCN1C. The van der Waals surface area contributed by atoms with Crippen LogP contribution in [0.25, 0.3) is 0 Å². The topological polar surface area (TPSA) is 67.9 Å². The molecule has 0 aromatic carbocycles. The van der Waals surface area contributed by atoms with Gasteiger partial charge >= 0.3 is 5.97 Å². The zero-order valence-electron chi connectivity index (χ0n) is 12.1. The molecule has 1 N–H and O–H groups in total. The predicted molar refractivity (Wildman–Crippen MR) is 70.6 cm³/mol. The molecule has 1 fully saturated rings. The van der Waals surface area contributed by atoms with E-state index in [-0.39, 0.29) is 30.5 Å². The van der Waals surface area contributed by atoms with Crippen LogP contribution in [0.4, 0.5) is 0 Å². The summed E-state index contributed by atoms with van der Waals surface area (Å²) in [6.07, 6.45) is 1.99. The summed E-state index contributed by atoms with van der Waals surface area (Å²) in [5.41, 5.74) is 0. The summed E-state index contributed by atoms with van der Waals surface area (Å²) >= 11 is 0. The first-order valence-electron chi connectivity index (χ1n) is 6.58. The number of methoxy groups -OCH3 is 2. The molecule has 1 heterocycles. The van der Waals surface area contributed by atoms with Crippen LogP contribution in [0.5, 0.6) is 0 Å². The first-order chi connectivity index (χ1) is 9.01. The van der Waals surface area contributed by atoms with E-state index in [9.17, 15) is 9.59 Å². The molecule has 6 heteroatoms. The minimum atomic E-state index is -0.451. The Hall–Kier alpha value is -1.14. The summed E-state index contributed by atoms with van der Waals surface area (Å²) in [5.74, 6) is -0.940. The third-order valence-electron chi connectivity index (χ3n) is 3.77. The molecule has 110 valence electrons. The Balaban J connectivity index is 2.55. The van der Waals surface area contributed by atoms with Crippen molar-refractivity contribution in [3.63, 3.8) is 0 Å². The van der Waals surface area contributed by atoms with Gasteiger partial charge in [0.2, 0.25) is 5.91 Å². The second kappa shape index (κ2) is 7.45. The second-order valence-electron chi connectivity index (χ2n) is 4.97. The van der Waals surface area contributed by atoms with Gasteiger partial charge in [-0.1, -0.05) is 6.92 Å². The normalized spacial score (nSPS) is 22.8. The van der Waals surface area contributed by atoms with E-state index in [2.05, 4.69) is 15.0 Å². The van der Waals surface area contributed by atoms with Crippen molar-refractivity contribution in [2.45, 2.75) is 31.9 Å². The first-order valence-corrected chi connectivity index (χ1v) is 6.58. The quantitative estimate of drug-likeness (QED) is 0.691. The number of hydrogen-bond donors (Lipinski definition) is 1. The van der Waals surface area contributed by atoms with Crippen LogP contribution in [0.2, 0.25) is 0 Å². The highest BCUT2D eigenvalue weighted by Crippen LogP contribution is 2.24. The van der Waals surface area contributed by atoms with Crippen LogP contribution in [0.15, 0.2) is 0 Å². The van der Waals surface area contributed by atoms with Gasteiger partial charge in [0.25, 0.3) is 0 Å². The number of nitrogens with zero attached hydrogens (tertiary/aromatic N) is 1. The fraction of sp³-hybridized carbons (Fsp3) is 0.846. The maximum absolute atomic E-state index is 12.0. The molecule has 3 atom stereocenters. The van der Waals surface area contributed by atoms with Crippen LogP contribution in [0, 0.1) is 5.92 Å². The van der Waals surface area contributed by atoms with Gasteiger partial charge in [-0.05, 0) is 26.4 Å². The van der Waals surface area contributed by atoms with Crippen molar-refractivity contribution in [1.82, 2.24) is 10.2 Å². The number of likely N-dealkylation sites (tertiary alicyclic amines) is 1. The molecule has 1 rings (SSSR count). The van der Waals surface area contributed by atoms with Crippen LogP contribution in [0.1, 0.15) is 19.8 Å². The van der Waals surface area contributed by atoms with Gasteiger partial charge in [-0.2, -0.15) is 0 Å². The molecule has 0 radical (unpaired) electrons. The molecule has 3 unspecified atom stereocenters. The van der Waals surface area contributed by atoms with Crippen LogP contribution in [0.3, 0.4) is 0 Å². The van der Waals surface area contributed by atoms with E-state index in [0.717, 1.165) is 19.4 Å². The average molecular weight is 272 g/mol. The van der Waals surface area contributed by atoms with Crippen molar-refractivity contribution in [3.05, 3.63) is 0 Å². The third-order valence-corrected chi connectivity index (χ3v) is 3.77. The molecule has 19 heavy (non-hydrogen) atoms. The summed E-state index contributed by atoms with van der Waals surface area (Å²) in [7, 11) is 4.97. The highest BCUT2D eigenvalue weighted by molar-refractivity contribution is 5.83. The van der Waals surface area contributed by atoms with Gasteiger partial charge in [-0.25, -0.2) is 0 Å². The van der Waals surface area contributed by atoms with Gasteiger partial charge in [0.15, 0.2) is 0 Å². The number of ether oxygens (including phenoxy) is 2. The first kappa shape index (κ1) is 15.9. The zero-order valence-corrected chi connectivity index (χ0v) is 12.1. The lowest BCUT2D eigenvalue weighted by Gasteiger charge is -2.31. The molecule has 0 saturated carbocycles. The number of nitrogens with one attached hydrogen (secondary N) is 1. The molecule has 0 aliphatic carbocycles. The Labute approximate surface area is 114 Å². The molecule has 0 bridgehead atoms. The van der Waals surface area contributed by atoms with Crippen molar-refractivity contribution >= 4 is 11.9 Å². The van der Waals surface area contributed by atoms with Gasteiger partial charge in [-0.3, -0.25) is 9.59 Å². The van der Waals surface area contributed by atoms with Crippen molar-refractivity contribution in [2.75, 3.05) is 34.4 Å². The Kier molecular flexibility index (Phi) is 6.24. The Morgan fingerprint density at radius 2 is 2.11 bits per heavy atom. The Morgan fingerprint density at radius 3 is 2.58 bits per heavy atom. The number of rotatable bonds is 6. The lowest BCUT2D eigenvalue weighted by atomic mass is 9.95. The molecule has 6 nitrogen and oxygen atoms in total. The van der Waals surface area contributed by atoms with Crippen molar-refractivity contribution in [3.8, 4) is 0 Å². The second-order valence-corrected chi connectivity index (χ2v) is 4.97. The maximum Gasteiger partial charge on any atom is 0.325 e. The number of carbonyl (C=O) groups is 2. The number of hydrogen-bond acceptors (Lipinski definition) is 5. The third kappa shape index (κ3) is 4.18. The summed E-state index contributed by atoms with van der Waals surface area (Å²) in [5, 5.41) is 2.57.